The molecule has 2 aromatic heterocycles. The van der Waals surface area contributed by atoms with Gasteiger partial charge in [0.25, 0.3) is 0 Å². The van der Waals surface area contributed by atoms with Crippen LogP contribution in [-0.4, -0.2) is 25.6 Å². The summed E-state index contributed by atoms with van der Waals surface area (Å²) < 4.78 is 1.94. The Morgan fingerprint density at radius 2 is 1.95 bits per heavy atom. The van der Waals surface area contributed by atoms with E-state index in [0.29, 0.717) is 5.52 Å². The predicted octanol–water partition coefficient (Wildman–Crippen LogP) is 2.33. The van der Waals surface area contributed by atoms with E-state index in [1.54, 1.807) is 30.6 Å². The van der Waals surface area contributed by atoms with Gasteiger partial charge in [-0.3, -0.25) is 4.98 Å². The van der Waals surface area contributed by atoms with Gasteiger partial charge in [0.1, 0.15) is 5.82 Å². The third-order valence-corrected chi connectivity index (χ3v) is 3.07. The average Bonchev–Trinajstić information content (AvgIpc) is 2.76. The summed E-state index contributed by atoms with van der Waals surface area (Å²) in [6.45, 7) is 0. The van der Waals surface area contributed by atoms with Gasteiger partial charge in [-0.2, -0.15) is 0 Å². The van der Waals surface area contributed by atoms with Crippen LogP contribution in [0.2, 0.25) is 0 Å². The van der Waals surface area contributed by atoms with Crippen molar-refractivity contribution in [3.8, 4) is 11.4 Å². The minimum absolute atomic E-state index is 0.242. The summed E-state index contributed by atoms with van der Waals surface area (Å²) in [7, 11) is 1.91. The van der Waals surface area contributed by atoms with Crippen molar-refractivity contribution < 1.29 is 9.90 Å². The number of aromatic carboxylic acids is 1. The number of pyridine rings is 1. The van der Waals surface area contributed by atoms with Crippen LogP contribution in [-0.2, 0) is 7.05 Å². The Hall–Kier alpha value is -2.69. The first kappa shape index (κ1) is 11.4. The number of carbonyl (C=O) groups is 1. The predicted molar refractivity (Wildman–Crippen MR) is 70.9 cm³/mol. The van der Waals surface area contributed by atoms with Crippen molar-refractivity contribution in [1.82, 2.24) is 14.5 Å². The zero-order valence-corrected chi connectivity index (χ0v) is 10.2. The molecular weight excluding hydrogens is 242 g/mol. The molecule has 0 saturated heterocycles. The number of rotatable bonds is 2. The molecule has 0 unspecified atom stereocenters. The second-order valence-corrected chi connectivity index (χ2v) is 4.24. The summed E-state index contributed by atoms with van der Waals surface area (Å²) in [5.41, 5.74) is 2.77. The molecule has 0 saturated carbocycles. The number of hydrogen-bond acceptors (Lipinski definition) is 3. The van der Waals surface area contributed by atoms with Crippen LogP contribution in [0.3, 0.4) is 0 Å². The maximum atomic E-state index is 11.0. The first-order chi connectivity index (χ1) is 9.16. The van der Waals surface area contributed by atoms with Gasteiger partial charge in [0.15, 0.2) is 0 Å². The number of imidazole rings is 1. The molecule has 1 N–H and O–H groups in total. The largest absolute Gasteiger partial charge is 0.478 e. The summed E-state index contributed by atoms with van der Waals surface area (Å²) in [5.74, 6) is -0.155. The summed E-state index contributed by atoms with van der Waals surface area (Å²) in [5, 5.41) is 8.99. The van der Waals surface area contributed by atoms with Crippen LogP contribution in [0.1, 0.15) is 10.4 Å². The highest BCUT2D eigenvalue weighted by molar-refractivity contribution is 5.93. The van der Waals surface area contributed by atoms with Crippen molar-refractivity contribution in [2.75, 3.05) is 0 Å². The number of fused-ring (bicyclic) bond motifs is 1. The monoisotopic (exact) mass is 253 g/mol. The molecule has 0 radical (unpaired) electrons. The normalized spacial score (nSPS) is 10.8. The molecule has 1 aromatic carbocycles. The Morgan fingerprint density at radius 3 is 2.63 bits per heavy atom. The van der Waals surface area contributed by atoms with Crippen molar-refractivity contribution in [2.24, 2.45) is 7.05 Å². The summed E-state index contributed by atoms with van der Waals surface area (Å²) in [4.78, 5) is 19.4. The van der Waals surface area contributed by atoms with E-state index in [2.05, 4.69) is 9.97 Å². The number of carboxylic acid groups (broad SMARTS) is 1. The SMILES string of the molecule is Cn1c(-c2ccncc2)nc2cc(C(=O)O)ccc21. The van der Waals surface area contributed by atoms with Gasteiger partial charge in [-0.05, 0) is 30.3 Å². The standard InChI is InChI=1S/C14H11N3O2/c1-17-12-3-2-10(14(18)19)8-11(12)16-13(17)9-4-6-15-7-5-9/h2-8H,1H3,(H,18,19). The smallest absolute Gasteiger partial charge is 0.335 e. The van der Waals surface area contributed by atoms with E-state index in [4.69, 9.17) is 5.11 Å². The van der Waals surface area contributed by atoms with Crippen molar-refractivity contribution in [3.05, 3.63) is 48.3 Å². The fraction of sp³-hybridized carbons (Fsp3) is 0.0714. The van der Waals surface area contributed by atoms with E-state index < -0.39 is 5.97 Å². The van der Waals surface area contributed by atoms with Gasteiger partial charge in [-0.1, -0.05) is 0 Å². The molecule has 94 valence electrons. The highest BCUT2D eigenvalue weighted by Crippen LogP contribution is 2.23. The lowest BCUT2D eigenvalue weighted by Gasteiger charge is -2.01. The quantitative estimate of drug-likeness (QED) is 0.761. The molecule has 3 aromatic rings. The van der Waals surface area contributed by atoms with Gasteiger partial charge in [0.05, 0.1) is 16.6 Å². The molecule has 0 aliphatic carbocycles. The van der Waals surface area contributed by atoms with E-state index in [1.807, 2.05) is 23.7 Å². The molecular formula is C14H11N3O2. The van der Waals surface area contributed by atoms with Gasteiger partial charge >= 0.3 is 5.97 Å². The van der Waals surface area contributed by atoms with Crippen LogP contribution in [0.5, 0.6) is 0 Å². The molecule has 2 heterocycles. The van der Waals surface area contributed by atoms with Crippen LogP contribution >= 0.6 is 0 Å². The first-order valence-electron chi connectivity index (χ1n) is 5.77. The number of hydrogen-bond donors (Lipinski definition) is 1. The highest BCUT2D eigenvalue weighted by Gasteiger charge is 2.11. The number of aryl methyl sites for hydroxylation is 1. The van der Waals surface area contributed by atoms with E-state index in [1.165, 1.54) is 0 Å². The van der Waals surface area contributed by atoms with E-state index in [9.17, 15) is 4.79 Å². The maximum Gasteiger partial charge on any atom is 0.335 e. The van der Waals surface area contributed by atoms with Gasteiger partial charge in [-0.25, -0.2) is 9.78 Å². The van der Waals surface area contributed by atoms with Crippen LogP contribution in [0.15, 0.2) is 42.7 Å². The van der Waals surface area contributed by atoms with E-state index >= 15 is 0 Å². The molecule has 5 heteroatoms. The molecule has 3 rings (SSSR count). The molecule has 0 aliphatic heterocycles. The topological polar surface area (TPSA) is 68.0 Å². The van der Waals surface area contributed by atoms with E-state index in [0.717, 1.165) is 16.9 Å². The lowest BCUT2D eigenvalue weighted by Crippen LogP contribution is -1.95. The Labute approximate surface area is 109 Å². The fourth-order valence-corrected chi connectivity index (χ4v) is 2.09. The van der Waals surface area contributed by atoms with Gasteiger partial charge < -0.3 is 9.67 Å². The fourth-order valence-electron chi connectivity index (χ4n) is 2.09. The Bertz CT molecular complexity index is 763. The van der Waals surface area contributed by atoms with Crippen molar-refractivity contribution in [1.29, 1.82) is 0 Å². The molecule has 0 bridgehead atoms. The number of nitrogens with zero attached hydrogens (tertiary/aromatic N) is 3. The van der Waals surface area contributed by atoms with E-state index in [-0.39, 0.29) is 5.56 Å². The van der Waals surface area contributed by atoms with Crippen molar-refractivity contribution in [2.45, 2.75) is 0 Å². The van der Waals surface area contributed by atoms with Crippen molar-refractivity contribution >= 4 is 17.0 Å². The molecule has 0 amide bonds. The minimum atomic E-state index is -0.946. The van der Waals surface area contributed by atoms with Crippen LogP contribution in [0.25, 0.3) is 22.4 Å². The third kappa shape index (κ3) is 1.85. The third-order valence-electron chi connectivity index (χ3n) is 3.07. The number of benzene rings is 1. The Balaban J connectivity index is 2.23. The zero-order valence-electron chi connectivity index (χ0n) is 10.2. The molecule has 5 nitrogen and oxygen atoms in total. The lowest BCUT2D eigenvalue weighted by atomic mass is 10.2. The molecule has 0 aliphatic rings. The lowest BCUT2D eigenvalue weighted by molar-refractivity contribution is 0.0697. The highest BCUT2D eigenvalue weighted by atomic mass is 16.4. The Morgan fingerprint density at radius 1 is 1.21 bits per heavy atom. The van der Waals surface area contributed by atoms with Crippen LogP contribution in [0.4, 0.5) is 0 Å². The number of carboxylic acids is 1. The molecule has 0 atom stereocenters. The second kappa shape index (κ2) is 4.20. The average molecular weight is 253 g/mol. The summed E-state index contributed by atoms with van der Waals surface area (Å²) in [6, 6.07) is 8.69. The van der Waals surface area contributed by atoms with Crippen LogP contribution in [0, 0.1) is 0 Å². The van der Waals surface area contributed by atoms with Gasteiger partial charge in [0, 0.05) is 25.0 Å². The molecule has 19 heavy (non-hydrogen) atoms. The Kier molecular flexibility index (Phi) is 2.52. The molecule has 0 spiro atoms. The second-order valence-electron chi connectivity index (χ2n) is 4.24. The van der Waals surface area contributed by atoms with Gasteiger partial charge in [0.2, 0.25) is 0 Å². The van der Waals surface area contributed by atoms with Gasteiger partial charge in [-0.15, -0.1) is 0 Å². The first-order valence-corrected chi connectivity index (χ1v) is 5.77. The van der Waals surface area contributed by atoms with Crippen molar-refractivity contribution in [3.63, 3.8) is 0 Å². The maximum absolute atomic E-state index is 11.0. The number of aromatic nitrogens is 3. The summed E-state index contributed by atoms with van der Waals surface area (Å²) in [6.07, 6.45) is 3.41. The zero-order chi connectivity index (χ0) is 13.4. The minimum Gasteiger partial charge on any atom is -0.478 e. The summed E-state index contributed by atoms with van der Waals surface area (Å²) >= 11 is 0. The van der Waals surface area contributed by atoms with Crippen LogP contribution < -0.4 is 0 Å². The molecule has 0 fully saturated rings.